The summed E-state index contributed by atoms with van der Waals surface area (Å²) in [5, 5.41) is 6.18. The van der Waals surface area contributed by atoms with Gasteiger partial charge in [-0.3, -0.25) is 23.9 Å². The lowest BCUT2D eigenvalue weighted by Crippen LogP contribution is -2.38. The van der Waals surface area contributed by atoms with E-state index < -0.39 is 37.7 Å². The zero-order valence-electron chi connectivity index (χ0n) is 27.7. The fraction of sp³-hybridized carbons (Fsp3) is 0.235. The monoisotopic (exact) mass is 760 g/mol. The number of likely N-dealkylation sites (tertiary alicyclic amines) is 1. The van der Waals surface area contributed by atoms with Crippen molar-refractivity contribution in [1.29, 1.82) is 0 Å². The predicted octanol–water partition coefficient (Wildman–Crippen LogP) is 5.21. The number of carbonyl (C=O) groups excluding carboxylic acids is 2. The molecule has 2 amide bonds. The maximum atomic E-state index is 14.0. The number of nitrogens with one attached hydrogen (secondary N) is 4. The van der Waals surface area contributed by atoms with Crippen LogP contribution in [0.4, 0.5) is 27.1 Å². The molecule has 1 aliphatic heterocycles. The van der Waals surface area contributed by atoms with Gasteiger partial charge in [-0.1, -0.05) is 12.1 Å². The van der Waals surface area contributed by atoms with Crippen molar-refractivity contribution in [2.45, 2.75) is 25.4 Å². The highest BCUT2D eigenvalue weighted by Crippen LogP contribution is 2.29. The van der Waals surface area contributed by atoms with Crippen LogP contribution in [-0.2, 0) is 26.6 Å². The van der Waals surface area contributed by atoms with Crippen molar-refractivity contribution in [2.24, 2.45) is 5.73 Å². The van der Waals surface area contributed by atoms with Crippen molar-refractivity contribution in [3.05, 3.63) is 107 Å². The van der Waals surface area contributed by atoms with E-state index in [9.17, 15) is 30.8 Å². The van der Waals surface area contributed by atoms with Gasteiger partial charge in [-0.05, 0) is 91.2 Å². The first-order valence-corrected chi connectivity index (χ1v) is 19.2. The Morgan fingerprint density at radius 3 is 2.04 bits per heavy atom. The summed E-state index contributed by atoms with van der Waals surface area (Å²) in [5.74, 6) is -1.22. The molecule has 1 saturated heterocycles. The van der Waals surface area contributed by atoms with Crippen molar-refractivity contribution < 1.29 is 35.6 Å². The zero-order chi connectivity index (χ0) is 36.1. The van der Waals surface area contributed by atoms with Gasteiger partial charge < -0.3 is 21.1 Å². The molecule has 4 aromatic rings. The van der Waals surface area contributed by atoms with E-state index in [1.165, 1.54) is 30.3 Å². The van der Waals surface area contributed by atoms with Crippen LogP contribution < -0.4 is 30.5 Å². The zero-order valence-corrected chi connectivity index (χ0v) is 30.1. The largest absolute Gasteiger partial charge is 0.457 e. The summed E-state index contributed by atoms with van der Waals surface area (Å²) < 4.78 is 70.3. The molecule has 0 radical (unpaired) electrons. The van der Waals surface area contributed by atoms with Crippen LogP contribution in [0.2, 0.25) is 0 Å². The van der Waals surface area contributed by atoms with Crippen molar-refractivity contribution in [3.8, 4) is 11.5 Å². The van der Waals surface area contributed by atoms with Crippen LogP contribution in [0.5, 0.6) is 11.5 Å². The Balaban J connectivity index is 0.00000583. The lowest BCUT2D eigenvalue weighted by Gasteiger charge is -2.33. The van der Waals surface area contributed by atoms with Crippen LogP contribution in [0.3, 0.4) is 0 Å². The summed E-state index contributed by atoms with van der Waals surface area (Å²) in [4.78, 5) is 27.1. The average molecular weight is 761 g/mol. The molecule has 4 aromatic carbocycles. The molecular weight excluding hydrogens is 723 g/mol. The quantitative estimate of drug-likeness (QED) is 0.122. The molecule has 0 aromatic heterocycles. The van der Waals surface area contributed by atoms with Crippen molar-refractivity contribution in [1.82, 2.24) is 4.90 Å². The van der Waals surface area contributed by atoms with Crippen LogP contribution in [0.25, 0.3) is 0 Å². The lowest BCUT2D eigenvalue weighted by molar-refractivity contribution is 0.0995. The van der Waals surface area contributed by atoms with Crippen LogP contribution in [-0.4, -0.2) is 65.2 Å². The summed E-state index contributed by atoms with van der Waals surface area (Å²) >= 11 is 0. The molecular formula is C34H38ClFN6O7S2. The van der Waals surface area contributed by atoms with Gasteiger partial charge in [-0.25, -0.2) is 21.2 Å². The fourth-order valence-electron chi connectivity index (χ4n) is 5.41. The smallest absolute Gasteiger partial charge is 0.255 e. The van der Waals surface area contributed by atoms with Crippen LogP contribution in [0, 0.1) is 5.82 Å². The normalized spacial score (nSPS) is 13.8. The SMILES string of the molecule is CS(=O)(=O)Nc1ccc(Oc2ccc(CN3CCC(Nc4ccc(C(=O)Nc5ccc(F)c(NS(C)(=O)=O)c5)cc4)CC3)cc2)c(C(N)=O)c1.Cl. The number of hydrogen-bond acceptors (Lipinski definition) is 9. The average Bonchev–Trinajstić information content (AvgIpc) is 3.04. The van der Waals surface area contributed by atoms with Gasteiger partial charge in [-0.15, -0.1) is 12.4 Å². The summed E-state index contributed by atoms with van der Waals surface area (Å²) in [5.41, 5.74) is 8.08. The van der Waals surface area contributed by atoms with Crippen molar-refractivity contribution >= 4 is 67.0 Å². The Morgan fingerprint density at radius 2 is 1.43 bits per heavy atom. The standard InChI is InChI=1S/C34H37FN6O7S2.ClH/c1-49(44,45)39-27-10-14-32(29(19-27)33(36)42)48-28-11-3-22(4-12-28)21-41-17-15-25(16-18-41)37-24-7-5-23(6-8-24)34(43)38-26-9-13-30(35)31(20-26)40-50(2,46)47;/h3-14,19-20,25,37,39-40H,15-18,21H2,1-2H3,(H2,36,42)(H,38,43);1H. The number of hydrogen-bond donors (Lipinski definition) is 5. The van der Waals surface area contributed by atoms with Crippen molar-refractivity contribution in [2.75, 3.05) is 45.7 Å². The van der Waals surface area contributed by atoms with Gasteiger partial charge in [0.05, 0.1) is 23.8 Å². The maximum Gasteiger partial charge on any atom is 0.255 e. The summed E-state index contributed by atoms with van der Waals surface area (Å²) in [6, 6.07) is 22.7. The molecule has 13 nitrogen and oxygen atoms in total. The van der Waals surface area contributed by atoms with E-state index in [2.05, 4.69) is 25.0 Å². The molecule has 0 spiro atoms. The molecule has 0 aliphatic carbocycles. The van der Waals surface area contributed by atoms with E-state index >= 15 is 0 Å². The van der Waals surface area contributed by atoms with Crippen LogP contribution >= 0.6 is 12.4 Å². The minimum Gasteiger partial charge on any atom is -0.457 e. The third kappa shape index (κ3) is 11.6. The number of primary amides is 1. The summed E-state index contributed by atoms with van der Waals surface area (Å²) in [7, 11) is -7.22. The number of ether oxygens (including phenoxy) is 1. The highest BCUT2D eigenvalue weighted by atomic mass is 35.5. The van der Waals surface area contributed by atoms with E-state index in [1.54, 1.807) is 24.3 Å². The Hall–Kier alpha value is -4.90. The topological polar surface area (TPSA) is 189 Å². The first-order chi connectivity index (χ1) is 23.6. The second-order valence-corrected chi connectivity index (χ2v) is 15.5. The van der Waals surface area contributed by atoms with Gasteiger partial charge in [0.15, 0.2) is 0 Å². The van der Waals surface area contributed by atoms with Gasteiger partial charge >= 0.3 is 0 Å². The molecule has 6 N–H and O–H groups in total. The van der Waals surface area contributed by atoms with Gasteiger partial charge in [0.1, 0.15) is 17.3 Å². The lowest BCUT2D eigenvalue weighted by atomic mass is 10.0. The van der Waals surface area contributed by atoms with E-state index in [0.717, 1.165) is 62.3 Å². The number of piperidine rings is 1. The van der Waals surface area contributed by atoms with Gasteiger partial charge in [-0.2, -0.15) is 0 Å². The minimum atomic E-state index is -3.69. The number of rotatable bonds is 13. The number of carbonyl (C=O) groups is 2. The number of amides is 2. The third-order valence-electron chi connectivity index (χ3n) is 7.73. The molecule has 0 bridgehead atoms. The highest BCUT2D eigenvalue weighted by Gasteiger charge is 2.20. The number of halogens is 2. The fourth-order valence-corrected chi connectivity index (χ4v) is 6.52. The summed E-state index contributed by atoms with van der Waals surface area (Å²) in [6.45, 7) is 2.50. The van der Waals surface area contributed by atoms with Gasteiger partial charge in [0.2, 0.25) is 20.0 Å². The maximum absolute atomic E-state index is 14.0. The van der Waals surface area contributed by atoms with Gasteiger partial charge in [0.25, 0.3) is 11.8 Å². The minimum absolute atomic E-state index is 0. The Bertz CT molecular complexity index is 2090. The highest BCUT2D eigenvalue weighted by molar-refractivity contribution is 7.92. The molecule has 1 aliphatic rings. The Labute approximate surface area is 302 Å². The number of nitrogens with two attached hydrogens (primary N) is 1. The molecule has 272 valence electrons. The van der Waals surface area contributed by atoms with E-state index in [-0.39, 0.29) is 46.8 Å². The predicted molar refractivity (Wildman–Crippen MR) is 198 cm³/mol. The second-order valence-electron chi connectivity index (χ2n) is 12.0. The van der Waals surface area contributed by atoms with E-state index in [1.807, 2.05) is 24.3 Å². The van der Waals surface area contributed by atoms with Crippen molar-refractivity contribution in [3.63, 3.8) is 0 Å². The van der Waals surface area contributed by atoms with E-state index in [0.29, 0.717) is 11.3 Å². The molecule has 5 rings (SSSR count). The number of nitrogens with zero attached hydrogens (tertiary/aromatic N) is 1. The molecule has 0 unspecified atom stereocenters. The van der Waals surface area contributed by atoms with Crippen LogP contribution in [0.15, 0.2) is 84.9 Å². The molecule has 1 heterocycles. The van der Waals surface area contributed by atoms with E-state index in [4.69, 9.17) is 10.5 Å². The molecule has 0 saturated carbocycles. The molecule has 1 fully saturated rings. The molecule has 0 atom stereocenters. The first kappa shape index (κ1) is 38.9. The Morgan fingerprint density at radius 1 is 0.824 bits per heavy atom. The number of sulfonamides is 2. The van der Waals surface area contributed by atoms with Crippen LogP contribution in [0.1, 0.15) is 39.1 Å². The number of benzene rings is 4. The first-order valence-electron chi connectivity index (χ1n) is 15.5. The third-order valence-corrected chi connectivity index (χ3v) is 8.93. The van der Waals surface area contributed by atoms with Gasteiger partial charge in [0, 0.05) is 48.3 Å². The molecule has 51 heavy (non-hydrogen) atoms. The molecule has 17 heteroatoms. The summed E-state index contributed by atoms with van der Waals surface area (Å²) in [6.07, 6.45) is 3.75. The number of anilines is 4. The second kappa shape index (κ2) is 16.4. The Kier molecular flexibility index (Phi) is 12.5.